The molecule has 0 aliphatic heterocycles. The zero-order valence-corrected chi connectivity index (χ0v) is 18.3. The molecule has 0 aliphatic carbocycles. The van der Waals surface area contributed by atoms with Crippen LogP contribution in [-0.2, 0) is 9.59 Å². The number of benzene rings is 2. The van der Waals surface area contributed by atoms with Crippen molar-refractivity contribution in [3.05, 3.63) is 42.5 Å². The zero-order chi connectivity index (χ0) is 21.4. The molecule has 0 aliphatic rings. The number of rotatable bonds is 8. The lowest BCUT2D eigenvalue weighted by Crippen LogP contribution is -2.19. The van der Waals surface area contributed by atoms with Crippen LogP contribution < -0.4 is 20.1 Å². The van der Waals surface area contributed by atoms with Gasteiger partial charge in [0.25, 0.3) is 0 Å². The second-order valence-corrected chi connectivity index (χ2v) is 8.76. The van der Waals surface area contributed by atoms with Crippen molar-refractivity contribution in [3.63, 3.8) is 0 Å². The number of carbonyl (C=O) groups excluding carboxylic acids is 2. The highest BCUT2D eigenvalue weighted by molar-refractivity contribution is 8.00. The summed E-state index contributed by atoms with van der Waals surface area (Å²) in [7, 11) is 3.12. The Kier molecular flexibility index (Phi) is 7.96. The number of nitrogens with one attached hydrogen (secondary N) is 2. The maximum atomic E-state index is 12.3. The van der Waals surface area contributed by atoms with Gasteiger partial charge in [0.1, 0.15) is 11.5 Å². The molecule has 6 nitrogen and oxygen atoms in total. The van der Waals surface area contributed by atoms with Crippen LogP contribution in [0.1, 0.15) is 27.2 Å². The van der Waals surface area contributed by atoms with E-state index in [1.165, 1.54) is 11.8 Å². The third-order valence-corrected chi connectivity index (χ3v) is 4.89. The molecular weight excluding hydrogens is 388 g/mol. The van der Waals surface area contributed by atoms with Crippen molar-refractivity contribution in [1.29, 1.82) is 0 Å². The first-order valence-electron chi connectivity index (χ1n) is 9.25. The third-order valence-electron chi connectivity index (χ3n) is 3.88. The molecule has 7 heteroatoms. The van der Waals surface area contributed by atoms with Gasteiger partial charge in [0.15, 0.2) is 0 Å². The number of anilines is 2. The number of amides is 2. The van der Waals surface area contributed by atoms with Crippen molar-refractivity contribution in [2.75, 3.05) is 30.6 Å². The van der Waals surface area contributed by atoms with Gasteiger partial charge in [-0.1, -0.05) is 20.8 Å². The van der Waals surface area contributed by atoms with Crippen LogP contribution in [0.25, 0.3) is 0 Å². The molecule has 0 atom stereocenters. The van der Waals surface area contributed by atoms with Crippen LogP contribution in [0.5, 0.6) is 11.5 Å². The molecule has 0 unspecified atom stereocenters. The normalized spacial score (nSPS) is 10.9. The third kappa shape index (κ3) is 7.69. The van der Waals surface area contributed by atoms with Crippen molar-refractivity contribution in [2.24, 2.45) is 5.41 Å². The van der Waals surface area contributed by atoms with Crippen LogP contribution in [0, 0.1) is 5.41 Å². The van der Waals surface area contributed by atoms with E-state index in [0.717, 1.165) is 10.6 Å². The minimum Gasteiger partial charge on any atom is -0.497 e. The highest BCUT2D eigenvalue weighted by atomic mass is 32.2. The average Bonchev–Trinajstić information content (AvgIpc) is 2.66. The van der Waals surface area contributed by atoms with E-state index in [0.29, 0.717) is 23.6 Å². The second-order valence-electron chi connectivity index (χ2n) is 7.71. The van der Waals surface area contributed by atoms with Gasteiger partial charge in [0.2, 0.25) is 11.8 Å². The molecule has 0 saturated heterocycles. The Bertz CT molecular complexity index is 845. The minimum atomic E-state index is -0.138. The number of carbonyl (C=O) groups is 2. The van der Waals surface area contributed by atoms with Gasteiger partial charge in [0.05, 0.1) is 25.7 Å². The lowest BCUT2D eigenvalue weighted by Gasteiger charge is -2.17. The Hall–Kier alpha value is -2.67. The molecule has 0 spiro atoms. The first-order chi connectivity index (χ1) is 13.7. The summed E-state index contributed by atoms with van der Waals surface area (Å²) in [5, 5.41) is 5.74. The molecule has 0 heterocycles. The average molecular weight is 417 g/mol. The fourth-order valence-electron chi connectivity index (χ4n) is 2.56. The summed E-state index contributed by atoms with van der Waals surface area (Å²) >= 11 is 1.42. The van der Waals surface area contributed by atoms with Crippen molar-refractivity contribution < 1.29 is 19.1 Å². The first-order valence-corrected chi connectivity index (χ1v) is 10.2. The molecule has 2 aromatic rings. The number of hydrogen-bond donors (Lipinski definition) is 2. The van der Waals surface area contributed by atoms with Gasteiger partial charge in [0, 0.05) is 23.1 Å². The summed E-state index contributed by atoms with van der Waals surface area (Å²) in [5.74, 6) is 1.30. The number of methoxy groups -OCH3 is 2. The summed E-state index contributed by atoms with van der Waals surface area (Å²) in [5.41, 5.74) is 1.28. The van der Waals surface area contributed by atoms with Crippen LogP contribution in [0.3, 0.4) is 0 Å². The van der Waals surface area contributed by atoms with Gasteiger partial charge in [-0.15, -0.1) is 11.8 Å². The van der Waals surface area contributed by atoms with E-state index in [2.05, 4.69) is 10.6 Å². The summed E-state index contributed by atoms with van der Waals surface area (Å²) in [6.07, 6.45) is 0.457. The summed E-state index contributed by atoms with van der Waals surface area (Å²) in [6.45, 7) is 6.08. The molecule has 0 bridgehead atoms. The first kappa shape index (κ1) is 22.6. The second kappa shape index (κ2) is 10.2. The quantitative estimate of drug-likeness (QED) is 0.604. The molecule has 0 radical (unpaired) electrons. The SMILES string of the molecule is COc1ccc(NC(=O)CSc2ccc(NC(=O)CC(C)(C)C)cc2)c(OC)c1. The van der Waals surface area contributed by atoms with E-state index in [9.17, 15) is 9.59 Å². The molecule has 2 amide bonds. The molecule has 2 aromatic carbocycles. The molecule has 0 saturated carbocycles. The van der Waals surface area contributed by atoms with Gasteiger partial charge in [-0.05, 0) is 41.8 Å². The summed E-state index contributed by atoms with van der Waals surface area (Å²) in [4.78, 5) is 25.2. The predicted octanol–water partition coefficient (Wildman–Crippen LogP) is 4.81. The van der Waals surface area contributed by atoms with Crippen molar-refractivity contribution in [2.45, 2.75) is 32.1 Å². The largest absolute Gasteiger partial charge is 0.497 e. The maximum absolute atomic E-state index is 12.3. The van der Waals surface area contributed by atoms with Gasteiger partial charge < -0.3 is 20.1 Å². The molecule has 2 rings (SSSR count). The van der Waals surface area contributed by atoms with Crippen LogP contribution in [-0.4, -0.2) is 31.8 Å². The van der Waals surface area contributed by atoms with E-state index in [1.807, 2.05) is 45.0 Å². The number of ether oxygens (including phenoxy) is 2. The van der Waals surface area contributed by atoms with Gasteiger partial charge >= 0.3 is 0 Å². The topological polar surface area (TPSA) is 76.7 Å². The van der Waals surface area contributed by atoms with E-state index >= 15 is 0 Å². The smallest absolute Gasteiger partial charge is 0.234 e. The lowest BCUT2D eigenvalue weighted by atomic mass is 9.92. The fraction of sp³-hybridized carbons (Fsp3) is 0.364. The highest BCUT2D eigenvalue weighted by Gasteiger charge is 2.16. The molecule has 156 valence electrons. The standard InChI is InChI=1S/C22H28N2O4S/c1-22(2,3)13-20(25)23-15-6-9-17(10-7-15)29-14-21(26)24-18-11-8-16(27-4)12-19(18)28-5/h6-12H,13-14H2,1-5H3,(H,23,25)(H,24,26). The zero-order valence-electron chi connectivity index (χ0n) is 17.5. The van der Waals surface area contributed by atoms with E-state index in [-0.39, 0.29) is 23.0 Å². The Morgan fingerprint density at radius 2 is 1.62 bits per heavy atom. The Balaban J connectivity index is 1.87. The number of thioether (sulfide) groups is 1. The Morgan fingerprint density at radius 3 is 2.21 bits per heavy atom. The van der Waals surface area contributed by atoms with Crippen molar-refractivity contribution in [1.82, 2.24) is 0 Å². The van der Waals surface area contributed by atoms with Crippen LogP contribution in [0.2, 0.25) is 0 Å². The molecule has 29 heavy (non-hydrogen) atoms. The van der Waals surface area contributed by atoms with Gasteiger partial charge in [-0.3, -0.25) is 9.59 Å². The summed E-state index contributed by atoms with van der Waals surface area (Å²) in [6, 6.07) is 12.7. The van der Waals surface area contributed by atoms with E-state index in [4.69, 9.17) is 9.47 Å². The molecule has 2 N–H and O–H groups in total. The molecule has 0 aromatic heterocycles. The predicted molar refractivity (Wildman–Crippen MR) is 118 cm³/mol. The number of hydrogen-bond acceptors (Lipinski definition) is 5. The van der Waals surface area contributed by atoms with Gasteiger partial charge in [-0.25, -0.2) is 0 Å². The highest BCUT2D eigenvalue weighted by Crippen LogP contribution is 2.29. The van der Waals surface area contributed by atoms with Crippen molar-refractivity contribution >= 4 is 35.0 Å². The van der Waals surface area contributed by atoms with E-state index < -0.39 is 0 Å². The van der Waals surface area contributed by atoms with Gasteiger partial charge in [-0.2, -0.15) is 0 Å². The van der Waals surface area contributed by atoms with Crippen molar-refractivity contribution in [3.8, 4) is 11.5 Å². The summed E-state index contributed by atoms with van der Waals surface area (Å²) < 4.78 is 10.4. The fourth-order valence-corrected chi connectivity index (χ4v) is 3.26. The monoisotopic (exact) mass is 416 g/mol. The molecular formula is C22H28N2O4S. The lowest BCUT2D eigenvalue weighted by molar-refractivity contribution is -0.118. The van der Waals surface area contributed by atoms with Crippen LogP contribution >= 0.6 is 11.8 Å². The van der Waals surface area contributed by atoms with E-state index in [1.54, 1.807) is 32.4 Å². The maximum Gasteiger partial charge on any atom is 0.234 e. The van der Waals surface area contributed by atoms with Crippen LogP contribution in [0.15, 0.2) is 47.4 Å². The van der Waals surface area contributed by atoms with Crippen LogP contribution in [0.4, 0.5) is 11.4 Å². The minimum absolute atomic E-state index is 0.00859. The Morgan fingerprint density at radius 1 is 0.931 bits per heavy atom. The molecule has 0 fully saturated rings. The Labute approximate surface area is 176 Å².